The molecule has 3 rings (SSSR count). The van der Waals surface area contributed by atoms with Gasteiger partial charge < -0.3 is 5.32 Å². The van der Waals surface area contributed by atoms with Gasteiger partial charge in [0.1, 0.15) is 11.0 Å². The van der Waals surface area contributed by atoms with Crippen LogP contribution in [0.15, 0.2) is 35.2 Å². The Balaban J connectivity index is 1.84. The maximum absolute atomic E-state index is 12.7. The van der Waals surface area contributed by atoms with Gasteiger partial charge >= 0.3 is 0 Å². The minimum absolute atomic E-state index is 0.186. The van der Waals surface area contributed by atoms with E-state index in [4.69, 9.17) is 0 Å². The molecule has 2 aliphatic rings. The molecule has 2 aliphatic heterocycles. The maximum atomic E-state index is 12.7. The molecule has 1 unspecified atom stereocenters. The summed E-state index contributed by atoms with van der Waals surface area (Å²) in [6, 6.07) is 9.87. The van der Waals surface area contributed by atoms with Crippen molar-refractivity contribution in [3.05, 3.63) is 30.3 Å². The number of rotatable bonds is 2. The lowest BCUT2D eigenvalue weighted by atomic mass is 9.87. The van der Waals surface area contributed by atoms with Crippen molar-refractivity contribution in [1.82, 2.24) is 9.62 Å². The number of hydrogen-bond acceptors (Lipinski definition) is 2. The molecule has 0 aromatic heterocycles. The Morgan fingerprint density at radius 1 is 1.11 bits per heavy atom. The average molecular weight is 264 g/mol. The lowest BCUT2D eigenvalue weighted by Gasteiger charge is -2.40. The van der Waals surface area contributed by atoms with Gasteiger partial charge in [-0.1, -0.05) is 18.2 Å². The summed E-state index contributed by atoms with van der Waals surface area (Å²) in [5.74, 6) is 0. The van der Waals surface area contributed by atoms with Crippen LogP contribution in [0, 0.1) is 0 Å². The van der Waals surface area contributed by atoms with E-state index in [1.54, 1.807) is 0 Å². The Morgan fingerprint density at radius 3 is 2.56 bits per heavy atom. The first-order valence-electron chi connectivity index (χ1n) is 6.77. The molecule has 0 radical (unpaired) electrons. The van der Waals surface area contributed by atoms with E-state index in [0.29, 0.717) is 0 Å². The summed E-state index contributed by atoms with van der Waals surface area (Å²) in [5, 5.41) is 3.41. The Hall–Kier alpha value is -0.710. The van der Waals surface area contributed by atoms with Crippen LogP contribution in [-0.2, 0) is 11.0 Å². The second-order valence-corrected chi connectivity index (χ2v) is 6.65. The summed E-state index contributed by atoms with van der Waals surface area (Å²) in [5.41, 5.74) is 0.186. The summed E-state index contributed by atoms with van der Waals surface area (Å²) in [4.78, 5) is 0.942. The van der Waals surface area contributed by atoms with Crippen LogP contribution in [0.2, 0.25) is 0 Å². The van der Waals surface area contributed by atoms with E-state index >= 15 is 0 Å². The zero-order valence-corrected chi connectivity index (χ0v) is 11.4. The highest BCUT2D eigenvalue weighted by molar-refractivity contribution is 7.82. The monoisotopic (exact) mass is 264 g/mol. The van der Waals surface area contributed by atoms with Gasteiger partial charge in [0.05, 0.1) is 4.90 Å². The van der Waals surface area contributed by atoms with Crippen molar-refractivity contribution in [2.24, 2.45) is 0 Å². The van der Waals surface area contributed by atoms with Crippen LogP contribution < -0.4 is 5.32 Å². The largest absolute Gasteiger partial charge is 0.317 e. The molecule has 0 amide bonds. The van der Waals surface area contributed by atoms with E-state index in [1.807, 2.05) is 30.3 Å². The van der Waals surface area contributed by atoms with Gasteiger partial charge in [-0.3, -0.25) is 0 Å². The van der Waals surface area contributed by atoms with Crippen LogP contribution in [0.5, 0.6) is 0 Å². The van der Waals surface area contributed by atoms with Gasteiger partial charge in [-0.25, -0.2) is 8.51 Å². The standard InChI is InChI=1S/C14H20N2OS/c17-18(13-5-2-1-3-6-13)16-12-4-7-14(16)8-10-15-11-9-14/h1-3,5-6,15H,4,7-12H2. The molecule has 1 atom stereocenters. The number of nitrogens with one attached hydrogen (secondary N) is 1. The molecule has 18 heavy (non-hydrogen) atoms. The summed E-state index contributed by atoms with van der Waals surface area (Å²) in [6.07, 6.45) is 4.64. The number of benzene rings is 1. The lowest BCUT2D eigenvalue weighted by Crippen LogP contribution is -2.51. The third-order valence-electron chi connectivity index (χ3n) is 4.21. The summed E-state index contributed by atoms with van der Waals surface area (Å²) >= 11 is 0. The minimum Gasteiger partial charge on any atom is -0.317 e. The van der Waals surface area contributed by atoms with Gasteiger partial charge in [-0.2, -0.15) is 0 Å². The van der Waals surface area contributed by atoms with Gasteiger partial charge in [-0.15, -0.1) is 0 Å². The molecule has 3 nitrogen and oxygen atoms in total. The Morgan fingerprint density at radius 2 is 1.83 bits per heavy atom. The summed E-state index contributed by atoms with van der Waals surface area (Å²) in [6.45, 7) is 3.09. The molecule has 0 bridgehead atoms. The van der Waals surface area contributed by atoms with Crippen molar-refractivity contribution in [2.45, 2.75) is 36.1 Å². The van der Waals surface area contributed by atoms with Gasteiger partial charge in [0.2, 0.25) is 0 Å². The Bertz CT molecular complexity index is 429. The molecule has 2 heterocycles. The van der Waals surface area contributed by atoms with Gasteiger partial charge in [0.25, 0.3) is 0 Å². The zero-order chi connectivity index (χ0) is 12.4. The van der Waals surface area contributed by atoms with Crippen molar-refractivity contribution in [3.63, 3.8) is 0 Å². The quantitative estimate of drug-likeness (QED) is 0.885. The van der Waals surface area contributed by atoms with Crippen LogP contribution in [0.3, 0.4) is 0 Å². The van der Waals surface area contributed by atoms with Gasteiger partial charge in [0.15, 0.2) is 0 Å². The fourth-order valence-electron chi connectivity index (χ4n) is 3.23. The van der Waals surface area contributed by atoms with Gasteiger partial charge in [0, 0.05) is 12.1 Å². The molecule has 0 aliphatic carbocycles. The molecule has 0 saturated carbocycles. The van der Waals surface area contributed by atoms with E-state index in [-0.39, 0.29) is 5.54 Å². The Labute approximate surface area is 111 Å². The van der Waals surface area contributed by atoms with Gasteiger partial charge in [-0.05, 0) is 50.9 Å². The highest BCUT2D eigenvalue weighted by Gasteiger charge is 2.44. The van der Waals surface area contributed by atoms with E-state index in [1.165, 1.54) is 12.8 Å². The van der Waals surface area contributed by atoms with E-state index in [0.717, 1.165) is 37.4 Å². The smallest absolute Gasteiger partial charge is 0.128 e. The predicted octanol–water partition coefficient (Wildman–Crippen LogP) is 1.93. The SMILES string of the molecule is O=S(c1ccccc1)N1CCCC12CCNCC2. The van der Waals surface area contributed by atoms with Crippen molar-refractivity contribution in [2.75, 3.05) is 19.6 Å². The Kier molecular flexibility index (Phi) is 3.50. The third kappa shape index (κ3) is 2.13. The van der Waals surface area contributed by atoms with Crippen LogP contribution in [0.25, 0.3) is 0 Å². The first-order chi connectivity index (χ1) is 8.82. The first-order valence-corrected chi connectivity index (χ1v) is 7.88. The molecule has 4 heteroatoms. The minimum atomic E-state index is -0.990. The average Bonchev–Trinajstić information content (AvgIpc) is 2.83. The van der Waals surface area contributed by atoms with E-state index in [9.17, 15) is 4.21 Å². The fraction of sp³-hybridized carbons (Fsp3) is 0.571. The molecule has 1 spiro atoms. The van der Waals surface area contributed by atoms with E-state index < -0.39 is 11.0 Å². The van der Waals surface area contributed by atoms with E-state index in [2.05, 4.69) is 9.62 Å². The molecule has 2 fully saturated rings. The predicted molar refractivity (Wildman–Crippen MR) is 73.6 cm³/mol. The number of hydrogen-bond donors (Lipinski definition) is 1. The van der Waals surface area contributed by atoms with Crippen LogP contribution >= 0.6 is 0 Å². The first kappa shape index (κ1) is 12.3. The maximum Gasteiger partial charge on any atom is 0.128 e. The summed E-state index contributed by atoms with van der Waals surface area (Å²) < 4.78 is 15.0. The molecule has 1 aromatic rings. The topological polar surface area (TPSA) is 32.3 Å². The second-order valence-electron chi connectivity index (χ2n) is 5.24. The molecule has 1 N–H and O–H groups in total. The number of nitrogens with zero attached hydrogens (tertiary/aromatic N) is 1. The normalized spacial score (nSPS) is 25.3. The van der Waals surface area contributed by atoms with Crippen molar-refractivity contribution in [3.8, 4) is 0 Å². The van der Waals surface area contributed by atoms with Crippen LogP contribution in [0.1, 0.15) is 25.7 Å². The lowest BCUT2D eigenvalue weighted by molar-refractivity contribution is 0.188. The molecule has 2 saturated heterocycles. The van der Waals surface area contributed by atoms with Crippen molar-refractivity contribution < 1.29 is 4.21 Å². The third-order valence-corrected chi connectivity index (χ3v) is 5.86. The molecule has 1 aromatic carbocycles. The highest BCUT2D eigenvalue weighted by Crippen LogP contribution is 2.39. The summed E-state index contributed by atoms with van der Waals surface area (Å²) in [7, 11) is -0.990. The molecular weight excluding hydrogens is 244 g/mol. The highest BCUT2D eigenvalue weighted by atomic mass is 32.2. The fourth-order valence-corrected chi connectivity index (χ4v) is 4.79. The van der Waals surface area contributed by atoms with Crippen LogP contribution in [-0.4, -0.2) is 33.7 Å². The molecule has 98 valence electrons. The zero-order valence-electron chi connectivity index (χ0n) is 10.6. The van der Waals surface area contributed by atoms with Crippen LogP contribution in [0.4, 0.5) is 0 Å². The second kappa shape index (κ2) is 5.11. The van der Waals surface area contributed by atoms with Crippen molar-refractivity contribution >= 4 is 11.0 Å². The molecular formula is C14H20N2OS. The number of piperidine rings is 1. The van der Waals surface area contributed by atoms with Crippen molar-refractivity contribution in [1.29, 1.82) is 0 Å².